The summed E-state index contributed by atoms with van der Waals surface area (Å²) in [5.74, 6) is -0.970. The largest absolute Gasteiger partial charge is 0.462 e. The van der Waals surface area contributed by atoms with Gasteiger partial charge < -0.3 is 9.47 Å². The van der Waals surface area contributed by atoms with E-state index in [1.165, 1.54) is 0 Å². The lowest BCUT2D eigenvalue weighted by molar-refractivity contribution is -0.167. The van der Waals surface area contributed by atoms with E-state index in [4.69, 9.17) is 0 Å². The van der Waals surface area contributed by atoms with Crippen LogP contribution < -0.4 is 0 Å². The van der Waals surface area contributed by atoms with Gasteiger partial charge in [-0.2, -0.15) is 0 Å². The molecule has 0 heterocycles. The van der Waals surface area contributed by atoms with Crippen LogP contribution in [0.4, 0.5) is 4.39 Å². The zero-order valence-corrected chi connectivity index (χ0v) is 7.25. The summed E-state index contributed by atoms with van der Waals surface area (Å²) >= 11 is 0. The zero-order valence-electron chi connectivity index (χ0n) is 7.25. The molecule has 0 bridgehead atoms. The van der Waals surface area contributed by atoms with Crippen molar-refractivity contribution in [2.45, 2.75) is 20.2 Å². The molecular weight excluding hydrogens is 163 g/mol. The molecule has 0 aliphatic rings. The molecule has 0 N–H and O–H groups in total. The van der Waals surface area contributed by atoms with Gasteiger partial charge in [0.2, 0.25) is 0 Å². The number of carbonyl (C=O) groups excluding carboxylic acids is 1. The highest BCUT2D eigenvalue weighted by Crippen LogP contribution is 1.97. The maximum absolute atomic E-state index is 12.6. The Kier molecular flexibility index (Phi) is 6.28. The Morgan fingerprint density at radius 2 is 2.33 bits per heavy atom. The van der Waals surface area contributed by atoms with E-state index >= 15 is 0 Å². The van der Waals surface area contributed by atoms with Gasteiger partial charge in [0.25, 0.3) is 6.36 Å². The highest BCUT2D eigenvalue weighted by Gasteiger charge is 2.17. The molecule has 0 aromatic rings. The molecule has 0 saturated heterocycles. The van der Waals surface area contributed by atoms with Crippen LogP contribution in [0.15, 0.2) is 12.2 Å². The van der Waals surface area contributed by atoms with Gasteiger partial charge in [-0.1, -0.05) is 12.2 Å². The minimum Gasteiger partial charge on any atom is -0.462 e. The molecule has 12 heavy (non-hydrogen) atoms. The molecule has 1 unspecified atom stereocenters. The van der Waals surface area contributed by atoms with E-state index in [-0.39, 0.29) is 13.2 Å². The third-order valence-electron chi connectivity index (χ3n) is 1.05. The van der Waals surface area contributed by atoms with Gasteiger partial charge in [-0.15, -0.1) is 0 Å². The van der Waals surface area contributed by atoms with Crippen LogP contribution in [-0.4, -0.2) is 25.5 Å². The normalized spacial score (nSPS) is 13.2. The Morgan fingerprint density at radius 1 is 1.67 bits per heavy atom. The van der Waals surface area contributed by atoms with Crippen molar-refractivity contribution in [3.63, 3.8) is 0 Å². The third kappa shape index (κ3) is 4.85. The van der Waals surface area contributed by atoms with E-state index in [9.17, 15) is 9.18 Å². The number of esters is 1. The summed E-state index contributed by atoms with van der Waals surface area (Å²) in [7, 11) is 0. The second-order valence-corrected chi connectivity index (χ2v) is 1.97. The van der Waals surface area contributed by atoms with Gasteiger partial charge in [-0.25, -0.2) is 9.18 Å². The number of ether oxygens (including phenoxy) is 2. The Morgan fingerprint density at radius 3 is 2.83 bits per heavy atom. The Labute approximate surface area is 71.2 Å². The number of hydrogen-bond donors (Lipinski definition) is 0. The highest BCUT2D eigenvalue weighted by molar-refractivity contribution is 5.72. The summed E-state index contributed by atoms with van der Waals surface area (Å²) < 4.78 is 21.4. The lowest BCUT2D eigenvalue weighted by Crippen LogP contribution is -2.22. The molecular formula is C8H13FO3. The van der Waals surface area contributed by atoms with Crippen LogP contribution in [0.25, 0.3) is 0 Å². The first kappa shape index (κ1) is 11.1. The van der Waals surface area contributed by atoms with Crippen LogP contribution in [0, 0.1) is 0 Å². The number of halogens is 1. The average Bonchev–Trinajstić information content (AvgIpc) is 2.05. The van der Waals surface area contributed by atoms with Crippen LogP contribution in [-0.2, 0) is 14.3 Å². The second kappa shape index (κ2) is 6.79. The quantitative estimate of drug-likeness (QED) is 0.469. The van der Waals surface area contributed by atoms with E-state index in [2.05, 4.69) is 9.47 Å². The van der Waals surface area contributed by atoms with Crippen molar-refractivity contribution in [2.75, 3.05) is 13.2 Å². The fourth-order valence-electron chi connectivity index (χ4n) is 0.512. The first-order valence-corrected chi connectivity index (χ1v) is 3.75. The molecule has 0 amide bonds. The van der Waals surface area contributed by atoms with Crippen LogP contribution in [0.5, 0.6) is 0 Å². The first-order chi connectivity index (χ1) is 5.72. The number of carbonyl (C=O) groups is 1. The summed E-state index contributed by atoms with van der Waals surface area (Å²) in [5.41, 5.74) is 0. The fourth-order valence-corrected chi connectivity index (χ4v) is 0.512. The molecule has 0 saturated carbocycles. The molecule has 0 spiro atoms. The highest BCUT2D eigenvalue weighted by atomic mass is 19.1. The van der Waals surface area contributed by atoms with Gasteiger partial charge >= 0.3 is 5.97 Å². The minimum atomic E-state index is -1.97. The van der Waals surface area contributed by atoms with Crippen molar-refractivity contribution in [1.82, 2.24) is 0 Å². The maximum atomic E-state index is 12.6. The second-order valence-electron chi connectivity index (χ2n) is 1.97. The predicted molar refractivity (Wildman–Crippen MR) is 42.3 cm³/mol. The molecule has 1 atom stereocenters. The average molecular weight is 176 g/mol. The van der Waals surface area contributed by atoms with Gasteiger partial charge in [-0.3, -0.25) is 0 Å². The Hall–Kier alpha value is -0.900. The molecule has 0 rings (SSSR count). The smallest absolute Gasteiger partial charge is 0.368 e. The molecule has 0 aromatic heterocycles. The van der Waals surface area contributed by atoms with Crippen molar-refractivity contribution in [3.8, 4) is 0 Å². The zero-order chi connectivity index (χ0) is 9.40. The molecule has 0 aliphatic heterocycles. The topological polar surface area (TPSA) is 35.5 Å². The van der Waals surface area contributed by atoms with Crippen LogP contribution in [0.3, 0.4) is 0 Å². The molecule has 3 nitrogen and oxygen atoms in total. The summed E-state index contributed by atoms with van der Waals surface area (Å²) in [6.07, 6.45) is 1.34. The number of allylic oxidation sites excluding steroid dienone is 1. The van der Waals surface area contributed by atoms with Gasteiger partial charge in [-0.05, 0) is 13.8 Å². The van der Waals surface area contributed by atoms with E-state index in [0.717, 1.165) is 0 Å². The van der Waals surface area contributed by atoms with Crippen LogP contribution in [0.2, 0.25) is 0 Å². The predicted octanol–water partition coefficient (Wildman–Crippen LogP) is 1.44. The summed E-state index contributed by atoms with van der Waals surface area (Å²) in [6, 6.07) is 0. The van der Waals surface area contributed by atoms with Gasteiger partial charge in [0, 0.05) is 0 Å². The number of alkyl halides is 1. The van der Waals surface area contributed by atoms with E-state index in [1.807, 2.05) is 0 Å². The fraction of sp³-hybridized carbons (Fsp3) is 0.625. The standard InChI is InChI=1S/C8H13FO3/c1-3-5-6-12-7(9)8(10)11-4-2/h3,5,7H,4,6H2,1-2H3. The van der Waals surface area contributed by atoms with Crippen molar-refractivity contribution < 1.29 is 18.7 Å². The molecule has 0 radical (unpaired) electrons. The summed E-state index contributed by atoms with van der Waals surface area (Å²) in [5, 5.41) is 0. The molecule has 0 aromatic carbocycles. The molecule has 70 valence electrons. The Balaban J connectivity index is 3.56. The molecule has 0 fully saturated rings. The van der Waals surface area contributed by atoms with Gasteiger partial charge in [0.15, 0.2) is 0 Å². The first-order valence-electron chi connectivity index (χ1n) is 3.75. The van der Waals surface area contributed by atoms with E-state index < -0.39 is 12.3 Å². The lowest BCUT2D eigenvalue weighted by atomic mass is 10.5. The Bertz CT molecular complexity index is 156. The lowest BCUT2D eigenvalue weighted by Gasteiger charge is -2.06. The van der Waals surface area contributed by atoms with E-state index in [0.29, 0.717) is 0 Å². The monoisotopic (exact) mass is 176 g/mol. The van der Waals surface area contributed by atoms with Crippen LogP contribution in [0.1, 0.15) is 13.8 Å². The number of rotatable bonds is 5. The van der Waals surface area contributed by atoms with Crippen molar-refractivity contribution >= 4 is 5.97 Å². The molecule has 0 aliphatic carbocycles. The van der Waals surface area contributed by atoms with E-state index in [1.54, 1.807) is 26.0 Å². The minimum absolute atomic E-state index is 0.0798. The SMILES string of the molecule is CC=CCOC(F)C(=O)OCC. The maximum Gasteiger partial charge on any atom is 0.368 e. The van der Waals surface area contributed by atoms with Crippen molar-refractivity contribution in [2.24, 2.45) is 0 Å². The summed E-state index contributed by atoms with van der Waals surface area (Å²) in [4.78, 5) is 10.6. The van der Waals surface area contributed by atoms with Gasteiger partial charge in [0.1, 0.15) is 0 Å². The van der Waals surface area contributed by atoms with Crippen molar-refractivity contribution in [3.05, 3.63) is 12.2 Å². The van der Waals surface area contributed by atoms with Crippen molar-refractivity contribution in [1.29, 1.82) is 0 Å². The molecule has 4 heteroatoms. The van der Waals surface area contributed by atoms with Gasteiger partial charge in [0.05, 0.1) is 13.2 Å². The number of hydrogen-bond acceptors (Lipinski definition) is 3. The van der Waals surface area contributed by atoms with Crippen LogP contribution >= 0.6 is 0 Å². The third-order valence-corrected chi connectivity index (χ3v) is 1.05. The summed E-state index contributed by atoms with van der Waals surface area (Å²) in [6.45, 7) is 3.63.